The highest BCUT2D eigenvalue weighted by atomic mass is 16.3. The molecular weight excluding hydrogens is 601 g/mol. The predicted octanol–water partition coefficient (Wildman–Crippen LogP) is 11.4. The summed E-state index contributed by atoms with van der Waals surface area (Å²) in [5.74, 6) is 0.630. The Morgan fingerprint density at radius 3 is 2.00 bits per heavy atom. The third-order valence-corrected chi connectivity index (χ3v) is 9.91. The molecule has 11 aromatic rings. The Bertz CT molecular complexity index is 3100. The van der Waals surface area contributed by atoms with E-state index >= 15 is 0 Å². The van der Waals surface area contributed by atoms with Crippen molar-refractivity contribution in [2.75, 3.05) is 0 Å². The first-order valence-corrected chi connectivity index (χ1v) is 16.5. The van der Waals surface area contributed by atoms with E-state index in [-0.39, 0.29) is 0 Å². The fourth-order valence-electron chi connectivity index (χ4n) is 7.78. The molecule has 0 radical (unpaired) electrons. The van der Waals surface area contributed by atoms with Gasteiger partial charge in [0.25, 0.3) is 0 Å². The molecule has 11 rings (SSSR count). The summed E-state index contributed by atoms with van der Waals surface area (Å²) < 4.78 is 10.9. The van der Waals surface area contributed by atoms with Gasteiger partial charge in [-0.2, -0.15) is 0 Å². The first kappa shape index (κ1) is 26.4. The normalized spacial score (nSPS) is 12.1. The summed E-state index contributed by atoms with van der Waals surface area (Å²) in [5, 5.41) is 7.84. The highest BCUT2D eigenvalue weighted by Gasteiger charge is 2.24. The molecule has 0 amide bonds. The van der Waals surface area contributed by atoms with Crippen LogP contribution in [0.2, 0.25) is 0 Å². The molecule has 0 unspecified atom stereocenters. The minimum absolute atomic E-state index is 0.630. The lowest BCUT2D eigenvalue weighted by Gasteiger charge is -2.13. The standard InChI is InChI=1S/C44H26N4O/c1-3-14-28(15-4-1)40-43-41(33-24-23-27-13-7-8-18-30(27)42(33)47(43)29-16-5-2-6-17-29)46-44(45-40)48-36-21-11-9-19-31(36)34-26-39-35(25-37(34)48)32-20-10-12-22-38(32)49-39/h1-26H. The van der Waals surface area contributed by atoms with E-state index in [1.165, 1.54) is 10.8 Å². The van der Waals surface area contributed by atoms with Crippen LogP contribution in [0.15, 0.2) is 162 Å². The van der Waals surface area contributed by atoms with Crippen LogP contribution in [-0.2, 0) is 0 Å². The average molecular weight is 627 g/mol. The first-order valence-electron chi connectivity index (χ1n) is 16.5. The fraction of sp³-hybridized carbons (Fsp3) is 0. The zero-order valence-corrected chi connectivity index (χ0v) is 26.2. The van der Waals surface area contributed by atoms with Gasteiger partial charge in [0.2, 0.25) is 5.95 Å². The summed E-state index contributed by atoms with van der Waals surface area (Å²) in [7, 11) is 0. The molecule has 7 aromatic carbocycles. The molecule has 0 saturated heterocycles. The maximum Gasteiger partial charge on any atom is 0.235 e. The minimum atomic E-state index is 0.630. The van der Waals surface area contributed by atoms with Crippen molar-refractivity contribution in [1.29, 1.82) is 0 Å². The van der Waals surface area contributed by atoms with Crippen LogP contribution in [0.4, 0.5) is 0 Å². The highest BCUT2D eigenvalue weighted by molar-refractivity contribution is 6.20. The largest absolute Gasteiger partial charge is 0.456 e. The van der Waals surface area contributed by atoms with Crippen molar-refractivity contribution in [3.8, 4) is 22.9 Å². The SMILES string of the molecule is c1ccc(-c2nc(-n3c4ccccc4c4cc5oc6ccccc6c5cc43)nc3c4ccc5ccccc5c4n(-c4ccccc4)c23)cc1. The topological polar surface area (TPSA) is 48.8 Å². The zero-order chi connectivity index (χ0) is 32.1. The molecule has 5 heteroatoms. The van der Waals surface area contributed by atoms with Gasteiger partial charge in [0.15, 0.2) is 0 Å². The maximum absolute atomic E-state index is 6.34. The maximum atomic E-state index is 6.34. The number of furan rings is 1. The Hall–Kier alpha value is -6.72. The number of aromatic nitrogens is 4. The number of nitrogens with zero attached hydrogens (tertiary/aromatic N) is 4. The van der Waals surface area contributed by atoms with Crippen molar-refractivity contribution < 1.29 is 4.42 Å². The van der Waals surface area contributed by atoms with Gasteiger partial charge >= 0.3 is 0 Å². The summed E-state index contributed by atoms with van der Waals surface area (Å²) in [5.41, 5.74) is 9.83. The van der Waals surface area contributed by atoms with Crippen LogP contribution in [0.25, 0.3) is 99.3 Å². The quantitative estimate of drug-likeness (QED) is 0.196. The number of fused-ring (bicyclic) bond motifs is 11. The zero-order valence-electron chi connectivity index (χ0n) is 26.2. The second-order valence-electron chi connectivity index (χ2n) is 12.6. The molecule has 5 nitrogen and oxygen atoms in total. The van der Waals surface area contributed by atoms with Gasteiger partial charge in [0, 0.05) is 43.6 Å². The molecule has 0 fully saturated rings. The van der Waals surface area contributed by atoms with Crippen LogP contribution >= 0.6 is 0 Å². The number of para-hydroxylation sites is 3. The van der Waals surface area contributed by atoms with Crippen LogP contribution in [0.1, 0.15) is 0 Å². The third-order valence-electron chi connectivity index (χ3n) is 9.91. The lowest BCUT2D eigenvalue weighted by molar-refractivity contribution is 0.669. The lowest BCUT2D eigenvalue weighted by Crippen LogP contribution is -2.05. The molecule has 228 valence electrons. The summed E-state index contributed by atoms with van der Waals surface area (Å²) >= 11 is 0. The number of hydrogen-bond donors (Lipinski definition) is 0. The lowest BCUT2D eigenvalue weighted by atomic mass is 10.1. The molecule has 0 N–H and O–H groups in total. The van der Waals surface area contributed by atoms with Crippen molar-refractivity contribution in [3.63, 3.8) is 0 Å². The molecule has 49 heavy (non-hydrogen) atoms. The molecule has 4 heterocycles. The number of rotatable bonds is 3. The van der Waals surface area contributed by atoms with Crippen LogP contribution in [0.5, 0.6) is 0 Å². The van der Waals surface area contributed by atoms with Gasteiger partial charge in [-0.25, -0.2) is 9.97 Å². The third kappa shape index (κ3) is 3.70. The van der Waals surface area contributed by atoms with E-state index in [9.17, 15) is 0 Å². The van der Waals surface area contributed by atoms with Crippen molar-refractivity contribution >= 4 is 76.5 Å². The molecule has 4 aromatic heterocycles. The molecule has 0 aliphatic rings. The fourth-order valence-corrected chi connectivity index (χ4v) is 7.78. The Morgan fingerprint density at radius 1 is 0.429 bits per heavy atom. The van der Waals surface area contributed by atoms with Gasteiger partial charge in [-0.3, -0.25) is 4.57 Å². The van der Waals surface area contributed by atoms with E-state index in [0.717, 1.165) is 82.6 Å². The van der Waals surface area contributed by atoms with Gasteiger partial charge in [0.05, 0.1) is 22.1 Å². The van der Waals surface area contributed by atoms with E-state index in [1.54, 1.807) is 0 Å². The van der Waals surface area contributed by atoms with Gasteiger partial charge in [0.1, 0.15) is 22.4 Å². The van der Waals surface area contributed by atoms with Gasteiger partial charge in [-0.05, 0) is 47.9 Å². The van der Waals surface area contributed by atoms with Crippen LogP contribution in [-0.4, -0.2) is 19.1 Å². The molecule has 0 spiro atoms. The molecule has 0 saturated carbocycles. The van der Waals surface area contributed by atoms with E-state index in [4.69, 9.17) is 14.4 Å². The smallest absolute Gasteiger partial charge is 0.235 e. The van der Waals surface area contributed by atoms with Gasteiger partial charge in [-0.15, -0.1) is 0 Å². The highest BCUT2D eigenvalue weighted by Crippen LogP contribution is 2.42. The van der Waals surface area contributed by atoms with E-state index in [1.807, 2.05) is 12.1 Å². The number of hydrogen-bond acceptors (Lipinski definition) is 3. The Labute approximate surface area is 279 Å². The second kappa shape index (κ2) is 9.89. The van der Waals surface area contributed by atoms with E-state index < -0.39 is 0 Å². The number of benzene rings is 7. The first-order chi connectivity index (χ1) is 24.3. The Balaban J connectivity index is 1.34. The monoisotopic (exact) mass is 626 g/mol. The molecule has 0 bridgehead atoms. The molecule has 0 atom stereocenters. The van der Waals surface area contributed by atoms with E-state index in [0.29, 0.717) is 5.95 Å². The van der Waals surface area contributed by atoms with Gasteiger partial charge in [-0.1, -0.05) is 115 Å². The Kier molecular flexibility index (Phi) is 5.32. The second-order valence-corrected chi connectivity index (χ2v) is 12.6. The van der Waals surface area contributed by atoms with Crippen molar-refractivity contribution in [2.24, 2.45) is 0 Å². The van der Waals surface area contributed by atoms with Crippen molar-refractivity contribution in [3.05, 3.63) is 158 Å². The summed E-state index contributed by atoms with van der Waals surface area (Å²) in [6, 6.07) is 55.2. The summed E-state index contributed by atoms with van der Waals surface area (Å²) in [6.45, 7) is 0. The van der Waals surface area contributed by atoms with Crippen LogP contribution in [0.3, 0.4) is 0 Å². The summed E-state index contributed by atoms with van der Waals surface area (Å²) in [4.78, 5) is 11.0. The van der Waals surface area contributed by atoms with Crippen LogP contribution < -0.4 is 0 Å². The van der Waals surface area contributed by atoms with Gasteiger partial charge < -0.3 is 8.98 Å². The molecule has 0 aliphatic heterocycles. The van der Waals surface area contributed by atoms with Crippen molar-refractivity contribution in [2.45, 2.75) is 0 Å². The van der Waals surface area contributed by atoms with E-state index in [2.05, 4.69) is 155 Å². The molecular formula is C44H26N4O. The molecule has 0 aliphatic carbocycles. The predicted molar refractivity (Wildman–Crippen MR) is 201 cm³/mol. The van der Waals surface area contributed by atoms with Crippen LogP contribution in [0, 0.1) is 0 Å². The minimum Gasteiger partial charge on any atom is -0.456 e. The van der Waals surface area contributed by atoms with Crippen molar-refractivity contribution in [1.82, 2.24) is 19.1 Å². The summed E-state index contributed by atoms with van der Waals surface area (Å²) in [6.07, 6.45) is 0. The average Bonchev–Trinajstić information content (AvgIpc) is 3.81. The Morgan fingerprint density at radius 2 is 1.14 bits per heavy atom.